The van der Waals surface area contributed by atoms with E-state index in [0.29, 0.717) is 30.5 Å². The van der Waals surface area contributed by atoms with Gasteiger partial charge < -0.3 is 13.9 Å². The van der Waals surface area contributed by atoms with E-state index in [1.165, 1.54) is 0 Å². The van der Waals surface area contributed by atoms with Crippen molar-refractivity contribution in [3.63, 3.8) is 0 Å². The maximum atomic E-state index is 12.7. The van der Waals surface area contributed by atoms with Gasteiger partial charge in [0.05, 0.1) is 0 Å². The highest BCUT2D eigenvalue weighted by atomic mass is 16.5. The molecule has 2 aromatic rings. The van der Waals surface area contributed by atoms with E-state index in [0.717, 1.165) is 49.8 Å². The molecule has 0 saturated carbocycles. The molecule has 7 heteroatoms. The average molecular weight is 316 g/mol. The predicted octanol–water partition coefficient (Wildman–Crippen LogP) is 2.26. The predicted molar refractivity (Wildman–Crippen MR) is 80.1 cm³/mol. The van der Waals surface area contributed by atoms with Crippen molar-refractivity contribution in [3.05, 3.63) is 28.7 Å². The summed E-state index contributed by atoms with van der Waals surface area (Å²) < 4.78 is 10.6. The molecule has 122 valence electrons. The van der Waals surface area contributed by atoms with Crippen LogP contribution in [0.25, 0.3) is 0 Å². The number of amides is 1. The minimum absolute atomic E-state index is 0.00272. The zero-order valence-corrected chi connectivity index (χ0v) is 13.2. The van der Waals surface area contributed by atoms with Gasteiger partial charge in [-0.1, -0.05) is 10.3 Å². The number of nitrogens with zero attached hydrogens (tertiary/aromatic N) is 4. The third-order valence-electron chi connectivity index (χ3n) is 4.83. The monoisotopic (exact) mass is 316 g/mol. The summed E-state index contributed by atoms with van der Waals surface area (Å²) in [5, 5.41) is 7.89. The van der Waals surface area contributed by atoms with Crippen LogP contribution in [0.3, 0.4) is 0 Å². The summed E-state index contributed by atoms with van der Waals surface area (Å²) in [7, 11) is 0. The first-order valence-electron chi connectivity index (χ1n) is 8.29. The lowest BCUT2D eigenvalue weighted by atomic mass is 9.94. The lowest BCUT2D eigenvalue weighted by Crippen LogP contribution is -2.38. The molecule has 1 aliphatic heterocycles. The van der Waals surface area contributed by atoms with E-state index in [1.54, 1.807) is 0 Å². The minimum Gasteiger partial charge on any atom is -0.360 e. The number of piperidine rings is 1. The van der Waals surface area contributed by atoms with Gasteiger partial charge in [-0.15, -0.1) is 0 Å². The van der Waals surface area contributed by atoms with Gasteiger partial charge in [0.2, 0.25) is 5.89 Å². The Kier molecular flexibility index (Phi) is 3.63. The third kappa shape index (κ3) is 2.64. The van der Waals surface area contributed by atoms with Crippen LogP contribution < -0.4 is 0 Å². The van der Waals surface area contributed by atoms with Gasteiger partial charge >= 0.3 is 0 Å². The molecule has 0 bridgehead atoms. The van der Waals surface area contributed by atoms with E-state index in [1.807, 2.05) is 11.8 Å². The van der Waals surface area contributed by atoms with Crippen molar-refractivity contribution in [1.82, 2.24) is 20.2 Å². The zero-order valence-electron chi connectivity index (χ0n) is 13.2. The Bertz CT molecular complexity index is 713. The number of rotatable bonds is 2. The second kappa shape index (κ2) is 5.79. The SMILES string of the molecule is Cc1noc(C2CCN(C(=O)c3noc4c3CCCC4)CC2)n1. The van der Waals surface area contributed by atoms with Crippen LogP contribution >= 0.6 is 0 Å². The van der Waals surface area contributed by atoms with E-state index in [4.69, 9.17) is 9.05 Å². The lowest BCUT2D eigenvalue weighted by molar-refractivity contribution is 0.0693. The van der Waals surface area contributed by atoms with Gasteiger partial charge in [-0.05, 0) is 39.0 Å². The van der Waals surface area contributed by atoms with Gasteiger partial charge in [-0.3, -0.25) is 4.79 Å². The number of hydrogen-bond acceptors (Lipinski definition) is 6. The molecule has 2 aromatic heterocycles. The smallest absolute Gasteiger partial charge is 0.276 e. The number of fused-ring (bicyclic) bond motifs is 1. The molecular weight excluding hydrogens is 296 g/mol. The van der Waals surface area contributed by atoms with Crippen molar-refractivity contribution >= 4 is 5.91 Å². The quantitative estimate of drug-likeness (QED) is 0.845. The van der Waals surface area contributed by atoms with Gasteiger partial charge in [0.15, 0.2) is 11.5 Å². The summed E-state index contributed by atoms with van der Waals surface area (Å²) >= 11 is 0. The molecule has 0 aromatic carbocycles. The van der Waals surface area contributed by atoms with Crippen LogP contribution in [0.1, 0.15) is 65.1 Å². The summed E-state index contributed by atoms with van der Waals surface area (Å²) in [6.07, 6.45) is 5.70. The Morgan fingerprint density at radius 2 is 1.91 bits per heavy atom. The van der Waals surface area contributed by atoms with Crippen molar-refractivity contribution in [2.24, 2.45) is 0 Å². The zero-order chi connectivity index (χ0) is 15.8. The summed E-state index contributed by atoms with van der Waals surface area (Å²) in [4.78, 5) is 18.9. The molecule has 0 unspecified atom stereocenters. The van der Waals surface area contributed by atoms with Crippen LogP contribution in [0.15, 0.2) is 9.05 Å². The number of aryl methyl sites for hydroxylation is 2. The molecule has 4 rings (SSSR count). The number of hydrogen-bond donors (Lipinski definition) is 0. The van der Waals surface area contributed by atoms with Gasteiger partial charge in [-0.25, -0.2) is 0 Å². The average Bonchev–Trinajstić information content (AvgIpc) is 3.21. The maximum absolute atomic E-state index is 12.7. The Morgan fingerprint density at radius 3 is 2.65 bits per heavy atom. The molecule has 7 nitrogen and oxygen atoms in total. The summed E-state index contributed by atoms with van der Waals surface area (Å²) in [6.45, 7) is 3.19. The highest BCUT2D eigenvalue weighted by Crippen LogP contribution is 2.29. The van der Waals surface area contributed by atoms with Crippen LogP contribution in [-0.4, -0.2) is 39.2 Å². The van der Waals surface area contributed by atoms with E-state index < -0.39 is 0 Å². The number of carbonyl (C=O) groups excluding carboxylic acids is 1. The molecule has 0 N–H and O–H groups in total. The van der Waals surface area contributed by atoms with Crippen LogP contribution in [0.2, 0.25) is 0 Å². The first-order valence-corrected chi connectivity index (χ1v) is 8.29. The fourth-order valence-corrected chi connectivity index (χ4v) is 3.51. The summed E-state index contributed by atoms with van der Waals surface area (Å²) in [5.74, 6) is 2.49. The fraction of sp³-hybridized carbons (Fsp3) is 0.625. The highest BCUT2D eigenvalue weighted by Gasteiger charge is 2.31. The van der Waals surface area contributed by atoms with Crippen LogP contribution in [0.5, 0.6) is 0 Å². The molecule has 1 aliphatic carbocycles. The molecule has 1 fully saturated rings. The van der Waals surface area contributed by atoms with Crippen molar-refractivity contribution in [2.45, 2.75) is 51.4 Å². The van der Waals surface area contributed by atoms with E-state index in [-0.39, 0.29) is 11.8 Å². The van der Waals surface area contributed by atoms with Crippen molar-refractivity contribution in [3.8, 4) is 0 Å². The Balaban J connectivity index is 1.44. The first kappa shape index (κ1) is 14.4. The third-order valence-corrected chi connectivity index (χ3v) is 4.83. The Labute approximate surface area is 134 Å². The van der Waals surface area contributed by atoms with Crippen molar-refractivity contribution in [1.29, 1.82) is 0 Å². The largest absolute Gasteiger partial charge is 0.360 e. The summed E-state index contributed by atoms with van der Waals surface area (Å²) in [6, 6.07) is 0. The maximum Gasteiger partial charge on any atom is 0.276 e. The topological polar surface area (TPSA) is 85.3 Å². The summed E-state index contributed by atoms with van der Waals surface area (Å²) in [5.41, 5.74) is 1.54. The van der Waals surface area contributed by atoms with Crippen LogP contribution in [0.4, 0.5) is 0 Å². The minimum atomic E-state index is -0.00272. The van der Waals surface area contributed by atoms with Crippen molar-refractivity contribution in [2.75, 3.05) is 13.1 Å². The molecule has 0 atom stereocenters. The van der Waals surface area contributed by atoms with Crippen molar-refractivity contribution < 1.29 is 13.8 Å². The molecule has 1 saturated heterocycles. The standard InChI is InChI=1S/C16H20N4O3/c1-10-17-15(23-18-10)11-6-8-20(9-7-11)16(21)14-12-4-2-3-5-13(12)22-19-14/h11H,2-9H2,1H3. The molecule has 1 amide bonds. The van der Waals surface area contributed by atoms with Gasteiger partial charge in [0.25, 0.3) is 5.91 Å². The number of carbonyl (C=O) groups is 1. The first-order chi connectivity index (χ1) is 11.2. The van der Waals surface area contributed by atoms with Gasteiger partial charge in [0.1, 0.15) is 5.76 Å². The van der Waals surface area contributed by atoms with Crippen LogP contribution in [-0.2, 0) is 12.8 Å². The van der Waals surface area contributed by atoms with E-state index in [2.05, 4.69) is 15.3 Å². The Hall–Kier alpha value is -2.18. The van der Waals surface area contributed by atoms with E-state index >= 15 is 0 Å². The lowest BCUT2D eigenvalue weighted by Gasteiger charge is -2.30. The fourth-order valence-electron chi connectivity index (χ4n) is 3.51. The van der Waals surface area contributed by atoms with Gasteiger partial charge in [0, 0.05) is 31.0 Å². The van der Waals surface area contributed by atoms with Gasteiger partial charge in [-0.2, -0.15) is 4.98 Å². The molecule has 0 radical (unpaired) electrons. The van der Waals surface area contributed by atoms with Crippen LogP contribution in [0, 0.1) is 6.92 Å². The molecular formula is C16H20N4O3. The normalized spacial score (nSPS) is 18.9. The highest BCUT2D eigenvalue weighted by molar-refractivity contribution is 5.94. The Morgan fingerprint density at radius 1 is 1.13 bits per heavy atom. The molecule has 0 spiro atoms. The molecule has 23 heavy (non-hydrogen) atoms. The molecule has 2 aliphatic rings. The second-order valence-electron chi connectivity index (χ2n) is 6.39. The number of aromatic nitrogens is 3. The second-order valence-corrected chi connectivity index (χ2v) is 6.39. The number of likely N-dealkylation sites (tertiary alicyclic amines) is 1. The molecule has 3 heterocycles. The van der Waals surface area contributed by atoms with E-state index in [9.17, 15) is 4.79 Å².